The fourth-order valence-electron chi connectivity index (χ4n) is 2.08. The molecule has 2 aromatic rings. The highest BCUT2D eigenvalue weighted by molar-refractivity contribution is 7.89. The Balaban J connectivity index is 2.07. The van der Waals surface area contributed by atoms with E-state index in [-0.39, 0.29) is 22.8 Å². The Morgan fingerprint density at radius 1 is 1.12 bits per heavy atom. The SMILES string of the molecule is CC(c1ccc(F)cc1)N(C)C(=O)Nc1ccc(S(N)(=O)=O)cc1. The Morgan fingerprint density at radius 3 is 2.17 bits per heavy atom. The molecule has 2 aromatic carbocycles. The molecular weight excluding hydrogens is 333 g/mol. The van der Waals surface area contributed by atoms with Gasteiger partial charge in [0, 0.05) is 12.7 Å². The van der Waals surface area contributed by atoms with Gasteiger partial charge < -0.3 is 10.2 Å². The zero-order chi connectivity index (χ0) is 17.9. The summed E-state index contributed by atoms with van der Waals surface area (Å²) in [7, 11) is -2.16. The van der Waals surface area contributed by atoms with E-state index in [0.717, 1.165) is 5.56 Å². The summed E-state index contributed by atoms with van der Waals surface area (Å²) >= 11 is 0. The lowest BCUT2D eigenvalue weighted by Crippen LogP contribution is -2.33. The number of halogens is 1. The van der Waals surface area contributed by atoms with Gasteiger partial charge in [0.15, 0.2) is 0 Å². The largest absolute Gasteiger partial charge is 0.322 e. The summed E-state index contributed by atoms with van der Waals surface area (Å²) < 4.78 is 35.4. The van der Waals surface area contributed by atoms with Gasteiger partial charge in [-0.1, -0.05) is 12.1 Å². The second-order valence-electron chi connectivity index (χ2n) is 5.34. The Morgan fingerprint density at radius 2 is 1.67 bits per heavy atom. The highest BCUT2D eigenvalue weighted by atomic mass is 32.2. The first-order valence-corrected chi connectivity index (χ1v) is 8.65. The molecule has 0 aromatic heterocycles. The van der Waals surface area contributed by atoms with Gasteiger partial charge in [0.05, 0.1) is 10.9 Å². The van der Waals surface area contributed by atoms with E-state index in [1.165, 1.54) is 41.3 Å². The molecule has 0 spiro atoms. The van der Waals surface area contributed by atoms with E-state index in [0.29, 0.717) is 5.69 Å². The molecule has 0 heterocycles. The van der Waals surface area contributed by atoms with Gasteiger partial charge in [-0.05, 0) is 48.9 Å². The number of carbonyl (C=O) groups excluding carboxylic acids is 1. The highest BCUT2D eigenvalue weighted by Crippen LogP contribution is 2.20. The average molecular weight is 351 g/mol. The summed E-state index contributed by atoms with van der Waals surface area (Å²) in [5.74, 6) is -0.340. The molecule has 6 nitrogen and oxygen atoms in total. The second kappa shape index (κ2) is 6.98. The van der Waals surface area contributed by atoms with E-state index in [1.54, 1.807) is 19.2 Å². The van der Waals surface area contributed by atoms with Crippen LogP contribution in [0.4, 0.5) is 14.9 Å². The topological polar surface area (TPSA) is 92.5 Å². The molecule has 128 valence electrons. The lowest BCUT2D eigenvalue weighted by atomic mass is 10.1. The van der Waals surface area contributed by atoms with Crippen LogP contribution in [0.2, 0.25) is 0 Å². The van der Waals surface area contributed by atoms with Crippen LogP contribution in [0, 0.1) is 5.82 Å². The van der Waals surface area contributed by atoms with Crippen LogP contribution in [0.25, 0.3) is 0 Å². The van der Waals surface area contributed by atoms with Crippen molar-refractivity contribution in [3.8, 4) is 0 Å². The lowest BCUT2D eigenvalue weighted by molar-refractivity contribution is 0.208. The van der Waals surface area contributed by atoms with Gasteiger partial charge in [0.2, 0.25) is 10.0 Å². The monoisotopic (exact) mass is 351 g/mol. The molecule has 1 unspecified atom stereocenters. The van der Waals surface area contributed by atoms with Crippen LogP contribution < -0.4 is 10.5 Å². The predicted octanol–water partition coefficient (Wildman–Crippen LogP) is 2.70. The Hall–Kier alpha value is -2.45. The fraction of sp³-hybridized carbons (Fsp3) is 0.188. The number of rotatable bonds is 4. The number of hydrogen-bond acceptors (Lipinski definition) is 3. The second-order valence-corrected chi connectivity index (χ2v) is 6.90. The van der Waals surface area contributed by atoms with Crippen molar-refractivity contribution >= 4 is 21.7 Å². The van der Waals surface area contributed by atoms with Crippen molar-refractivity contribution in [2.45, 2.75) is 17.9 Å². The van der Waals surface area contributed by atoms with Gasteiger partial charge in [-0.3, -0.25) is 0 Å². The van der Waals surface area contributed by atoms with Crippen molar-refractivity contribution in [1.82, 2.24) is 4.90 Å². The van der Waals surface area contributed by atoms with Crippen LogP contribution in [0.5, 0.6) is 0 Å². The van der Waals surface area contributed by atoms with Crippen LogP contribution in [-0.4, -0.2) is 26.4 Å². The molecule has 0 fully saturated rings. The third-order valence-electron chi connectivity index (χ3n) is 3.69. The molecule has 0 aliphatic carbocycles. The third-order valence-corrected chi connectivity index (χ3v) is 4.62. The van der Waals surface area contributed by atoms with Gasteiger partial charge >= 0.3 is 6.03 Å². The molecule has 2 amide bonds. The van der Waals surface area contributed by atoms with Crippen molar-refractivity contribution in [2.24, 2.45) is 5.14 Å². The predicted molar refractivity (Wildman–Crippen MR) is 89.4 cm³/mol. The van der Waals surface area contributed by atoms with Crippen LogP contribution in [0.1, 0.15) is 18.5 Å². The van der Waals surface area contributed by atoms with Gasteiger partial charge in [-0.2, -0.15) is 0 Å². The zero-order valence-corrected chi connectivity index (χ0v) is 14.0. The van der Waals surface area contributed by atoms with Gasteiger partial charge in [-0.25, -0.2) is 22.7 Å². The summed E-state index contributed by atoms with van der Waals surface area (Å²) in [5.41, 5.74) is 1.23. The molecule has 1 atom stereocenters. The number of nitrogens with one attached hydrogen (secondary N) is 1. The highest BCUT2D eigenvalue weighted by Gasteiger charge is 2.17. The minimum absolute atomic E-state index is 0.0338. The minimum atomic E-state index is -3.77. The molecule has 24 heavy (non-hydrogen) atoms. The zero-order valence-electron chi connectivity index (χ0n) is 13.2. The first-order valence-electron chi connectivity index (χ1n) is 7.10. The number of anilines is 1. The van der Waals surface area contributed by atoms with Crippen LogP contribution in [0.3, 0.4) is 0 Å². The molecule has 8 heteroatoms. The Kier molecular flexibility index (Phi) is 5.20. The van der Waals surface area contributed by atoms with Crippen molar-refractivity contribution in [1.29, 1.82) is 0 Å². The normalized spacial score (nSPS) is 12.5. The van der Waals surface area contributed by atoms with E-state index in [2.05, 4.69) is 5.32 Å². The van der Waals surface area contributed by atoms with E-state index < -0.39 is 10.0 Å². The maximum Gasteiger partial charge on any atom is 0.322 e. The number of amides is 2. The van der Waals surface area contributed by atoms with Crippen molar-refractivity contribution in [2.75, 3.05) is 12.4 Å². The molecule has 0 bridgehead atoms. The van der Waals surface area contributed by atoms with E-state index in [9.17, 15) is 17.6 Å². The number of sulfonamides is 1. The molecule has 3 N–H and O–H groups in total. The molecule has 0 aliphatic heterocycles. The molecule has 2 rings (SSSR count). The van der Waals surface area contributed by atoms with Gasteiger partial charge in [0.1, 0.15) is 5.82 Å². The first-order chi connectivity index (χ1) is 11.2. The van der Waals surface area contributed by atoms with Crippen LogP contribution >= 0.6 is 0 Å². The van der Waals surface area contributed by atoms with E-state index in [1.807, 2.05) is 6.92 Å². The standard InChI is InChI=1S/C16H18FN3O3S/c1-11(12-3-5-13(17)6-4-12)20(2)16(21)19-14-7-9-15(10-8-14)24(18,22)23/h3-11H,1-2H3,(H,19,21)(H2,18,22,23). The maximum absolute atomic E-state index is 13.0. The number of benzene rings is 2. The summed E-state index contributed by atoms with van der Waals surface area (Å²) in [5, 5.41) is 7.68. The van der Waals surface area contributed by atoms with Gasteiger partial charge in [-0.15, -0.1) is 0 Å². The first kappa shape index (κ1) is 17.9. The Labute approximate surface area is 140 Å². The summed E-state index contributed by atoms with van der Waals surface area (Å²) in [6.07, 6.45) is 0. The average Bonchev–Trinajstić information content (AvgIpc) is 2.54. The number of urea groups is 1. The minimum Gasteiger partial charge on any atom is -0.321 e. The summed E-state index contributed by atoms with van der Waals surface area (Å²) in [4.78, 5) is 13.7. The molecule has 0 aliphatic rings. The van der Waals surface area contributed by atoms with Crippen LogP contribution in [0.15, 0.2) is 53.4 Å². The number of primary sulfonamides is 1. The van der Waals surface area contributed by atoms with Crippen molar-refractivity contribution in [3.05, 3.63) is 59.9 Å². The number of hydrogen-bond donors (Lipinski definition) is 2. The van der Waals surface area contributed by atoms with E-state index in [4.69, 9.17) is 5.14 Å². The fourth-order valence-corrected chi connectivity index (χ4v) is 2.60. The Bertz CT molecular complexity index is 821. The number of nitrogens with two attached hydrogens (primary N) is 1. The smallest absolute Gasteiger partial charge is 0.321 e. The van der Waals surface area contributed by atoms with Crippen molar-refractivity contribution < 1.29 is 17.6 Å². The number of carbonyl (C=O) groups is 1. The lowest BCUT2D eigenvalue weighted by Gasteiger charge is -2.25. The molecular formula is C16H18FN3O3S. The number of nitrogens with zero attached hydrogens (tertiary/aromatic N) is 1. The van der Waals surface area contributed by atoms with Gasteiger partial charge in [0.25, 0.3) is 0 Å². The van der Waals surface area contributed by atoms with Crippen LogP contribution in [-0.2, 0) is 10.0 Å². The molecule has 0 saturated carbocycles. The summed E-state index contributed by atoms with van der Waals surface area (Å²) in [6.45, 7) is 1.82. The quantitative estimate of drug-likeness (QED) is 0.887. The maximum atomic E-state index is 13.0. The molecule has 0 saturated heterocycles. The summed E-state index contributed by atoms with van der Waals surface area (Å²) in [6, 6.07) is 10.8. The molecule has 0 radical (unpaired) electrons. The van der Waals surface area contributed by atoms with E-state index >= 15 is 0 Å². The third kappa shape index (κ3) is 4.30. The van der Waals surface area contributed by atoms with Crippen molar-refractivity contribution in [3.63, 3.8) is 0 Å².